The Balaban J connectivity index is 1.43. The lowest BCUT2D eigenvalue weighted by atomic mass is 9.88. The van der Waals surface area contributed by atoms with Crippen molar-refractivity contribution in [2.45, 2.75) is 72.6 Å². The highest BCUT2D eigenvalue weighted by atomic mass is 32.1. The van der Waals surface area contributed by atoms with E-state index in [1.165, 1.54) is 60.0 Å². The second-order valence-corrected chi connectivity index (χ2v) is 17.4. The minimum absolute atomic E-state index is 0.00745. The van der Waals surface area contributed by atoms with Crippen LogP contribution >= 0.6 is 11.3 Å². The van der Waals surface area contributed by atoms with Gasteiger partial charge < -0.3 is 4.42 Å². The summed E-state index contributed by atoms with van der Waals surface area (Å²) in [5.74, 6) is 1.67. The van der Waals surface area contributed by atoms with Crippen LogP contribution in [0.5, 0.6) is 0 Å². The summed E-state index contributed by atoms with van der Waals surface area (Å²) in [7, 11) is 2.22. The van der Waals surface area contributed by atoms with Crippen LogP contribution in [0.3, 0.4) is 0 Å². The van der Waals surface area contributed by atoms with Crippen LogP contribution in [0.4, 0.5) is 0 Å². The third-order valence-electron chi connectivity index (χ3n) is 11.0. The van der Waals surface area contributed by atoms with Crippen LogP contribution in [0.1, 0.15) is 82.0 Å². The van der Waals surface area contributed by atoms with Gasteiger partial charge in [0.2, 0.25) is 0 Å². The Morgan fingerprint density at radius 3 is 2.13 bits per heavy atom. The van der Waals surface area contributed by atoms with Gasteiger partial charge in [-0.2, -0.15) is 4.57 Å². The highest BCUT2D eigenvalue weighted by Gasteiger charge is 2.35. The number of thiazole rings is 1. The number of hydrogen-bond donors (Lipinski definition) is 0. The Bertz CT molecular complexity index is 2870. The lowest BCUT2D eigenvalue weighted by Crippen LogP contribution is -2.30. The fourth-order valence-corrected chi connectivity index (χ4v) is 9.23. The molecule has 0 aliphatic heterocycles. The van der Waals surface area contributed by atoms with Crippen molar-refractivity contribution in [3.05, 3.63) is 125 Å². The van der Waals surface area contributed by atoms with Gasteiger partial charge in [-0.15, -0.1) is 11.3 Å². The second-order valence-electron chi connectivity index (χ2n) is 16.4. The van der Waals surface area contributed by atoms with Crippen LogP contribution in [-0.2, 0) is 12.5 Å². The van der Waals surface area contributed by atoms with E-state index >= 15 is 0 Å². The molecule has 6 aromatic carbocycles. The lowest BCUT2D eigenvalue weighted by Gasteiger charge is -2.21. The molecule has 0 atom stereocenters. The molecule has 9 rings (SSSR count). The first-order chi connectivity index (χ1) is 25.4. The van der Waals surface area contributed by atoms with Crippen LogP contribution < -0.4 is 4.57 Å². The zero-order valence-electron chi connectivity index (χ0n) is 32.1. The molecule has 4 nitrogen and oxygen atoms in total. The molecule has 264 valence electrons. The van der Waals surface area contributed by atoms with Crippen molar-refractivity contribution >= 4 is 65.3 Å². The van der Waals surface area contributed by atoms with Crippen LogP contribution in [0.15, 0.2) is 108 Å². The normalized spacial score (nSPS) is 12.6. The predicted octanol–water partition coefficient (Wildman–Crippen LogP) is 13.3. The maximum absolute atomic E-state index is 7.02. The number of aromatic nitrogens is 3. The maximum Gasteiger partial charge on any atom is 0.299 e. The topological polar surface area (TPSA) is 34.8 Å². The summed E-state index contributed by atoms with van der Waals surface area (Å²) in [5, 5.41) is 5.86. The molecule has 0 unspecified atom stereocenters. The molecule has 0 aliphatic rings. The zero-order chi connectivity index (χ0) is 36.9. The Morgan fingerprint density at radius 1 is 0.736 bits per heavy atom. The van der Waals surface area contributed by atoms with Crippen molar-refractivity contribution in [3.8, 4) is 28.2 Å². The van der Waals surface area contributed by atoms with E-state index in [9.17, 15) is 0 Å². The van der Waals surface area contributed by atoms with E-state index in [2.05, 4.69) is 175 Å². The lowest BCUT2D eigenvalue weighted by molar-refractivity contribution is -0.633. The molecule has 0 N–H and O–H groups in total. The van der Waals surface area contributed by atoms with Gasteiger partial charge in [0.05, 0.1) is 22.3 Å². The van der Waals surface area contributed by atoms with Crippen molar-refractivity contribution in [2.24, 2.45) is 7.05 Å². The van der Waals surface area contributed by atoms with E-state index in [-0.39, 0.29) is 17.3 Å². The summed E-state index contributed by atoms with van der Waals surface area (Å²) in [5.41, 5.74) is 13.9. The van der Waals surface area contributed by atoms with Crippen molar-refractivity contribution in [1.29, 1.82) is 0 Å². The molecular weight excluding hydrogens is 667 g/mol. The molecule has 0 saturated carbocycles. The summed E-state index contributed by atoms with van der Waals surface area (Å²) in [6, 6.07) is 38.0. The number of hydrogen-bond acceptors (Lipinski definition) is 3. The van der Waals surface area contributed by atoms with Gasteiger partial charge in [0.25, 0.3) is 5.82 Å². The number of imidazole rings is 1. The van der Waals surface area contributed by atoms with E-state index in [1.807, 2.05) is 0 Å². The first-order valence-electron chi connectivity index (χ1n) is 18.8. The molecule has 0 radical (unpaired) electrons. The number of furan rings is 1. The maximum atomic E-state index is 7.02. The Morgan fingerprint density at radius 2 is 1.43 bits per heavy atom. The van der Waals surface area contributed by atoms with Crippen LogP contribution in [0.2, 0.25) is 0 Å². The molecule has 53 heavy (non-hydrogen) atoms. The first-order valence-corrected chi connectivity index (χ1v) is 19.7. The highest BCUT2D eigenvalue weighted by molar-refractivity contribution is 7.18. The Hall–Kier alpha value is -5.26. The van der Waals surface area contributed by atoms with Gasteiger partial charge in [-0.05, 0) is 77.2 Å². The van der Waals surface area contributed by atoms with Gasteiger partial charge in [-0.25, -0.2) is 9.55 Å². The minimum Gasteiger partial charge on any atom is -0.455 e. The average Bonchev–Trinajstić information content (AvgIpc) is 3.81. The number of benzene rings is 6. The molecule has 3 heterocycles. The first kappa shape index (κ1) is 33.6. The van der Waals surface area contributed by atoms with Crippen molar-refractivity contribution < 1.29 is 8.98 Å². The smallest absolute Gasteiger partial charge is 0.299 e. The van der Waals surface area contributed by atoms with E-state index in [1.54, 1.807) is 11.3 Å². The molecule has 0 aliphatic carbocycles. The van der Waals surface area contributed by atoms with Gasteiger partial charge in [-0.3, -0.25) is 0 Å². The van der Waals surface area contributed by atoms with Gasteiger partial charge in [0, 0.05) is 38.8 Å². The largest absolute Gasteiger partial charge is 0.455 e. The Labute approximate surface area is 315 Å². The van der Waals surface area contributed by atoms with Crippen molar-refractivity contribution in [1.82, 2.24) is 9.55 Å². The molecule has 0 amide bonds. The third kappa shape index (κ3) is 5.23. The SMILES string of the molecule is Cc1ccc2c(oc3cc4nc(C(C)(C)C)sc4cc32)c1-c1n(-c2c(C(C)C)cc(-c3ccccc3)cc2C(C)C)c2c3ccccc3ccc2[n+]1C. The molecule has 0 spiro atoms. The summed E-state index contributed by atoms with van der Waals surface area (Å²) in [6.45, 7) is 18.2. The average molecular weight is 713 g/mol. The van der Waals surface area contributed by atoms with E-state index < -0.39 is 0 Å². The summed E-state index contributed by atoms with van der Waals surface area (Å²) >= 11 is 1.79. The minimum atomic E-state index is -0.00745. The monoisotopic (exact) mass is 712 g/mol. The zero-order valence-corrected chi connectivity index (χ0v) is 32.9. The predicted molar refractivity (Wildman–Crippen MR) is 225 cm³/mol. The summed E-state index contributed by atoms with van der Waals surface area (Å²) in [6.07, 6.45) is 0. The van der Waals surface area contributed by atoms with Crippen LogP contribution in [0.25, 0.3) is 82.2 Å². The van der Waals surface area contributed by atoms with E-state index in [4.69, 9.17) is 9.40 Å². The van der Waals surface area contributed by atoms with E-state index in [0.717, 1.165) is 43.9 Å². The van der Waals surface area contributed by atoms with E-state index in [0.29, 0.717) is 0 Å². The second kappa shape index (κ2) is 12.1. The molecular formula is C48H46N3OS+. The van der Waals surface area contributed by atoms with Crippen LogP contribution in [0, 0.1) is 6.92 Å². The standard InChI is InChI=1S/C48H46N3OS/c1-27(2)35-23-32(30-15-11-10-12-16-30)24-36(28(3)4)43(35)51-44-33-18-14-13-17-31(33)20-22-39(44)50(9)46(51)42-29(5)19-21-34-37-25-41-38(26-40(37)52-45(34)42)49-47(53-41)48(6,7)8/h10-28H,1-9H3/q+1. The van der Waals surface area contributed by atoms with Crippen LogP contribution in [-0.4, -0.2) is 9.55 Å². The number of nitrogens with zero attached hydrogens (tertiary/aromatic N) is 3. The quantitative estimate of drug-likeness (QED) is 0.167. The van der Waals surface area contributed by atoms with Crippen molar-refractivity contribution in [2.75, 3.05) is 0 Å². The summed E-state index contributed by atoms with van der Waals surface area (Å²) < 4.78 is 13.2. The summed E-state index contributed by atoms with van der Waals surface area (Å²) in [4.78, 5) is 5.06. The molecule has 5 heteroatoms. The molecule has 3 aromatic heterocycles. The molecule has 0 fully saturated rings. The highest BCUT2D eigenvalue weighted by Crippen LogP contribution is 2.45. The molecule has 0 saturated heterocycles. The van der Waals surface area contributed by atoms with Gasteiger partial charge in [0.15, 0.2) is 16.6 Å². The van der Waals surface area contributed by atoms with Gasteiger partial charge in [-0.1, -0.05) is 109 Å². The molecule has 9 aromatic rings. The number of fused-ring (bicyclic) bond motifs is 7. The fraction of sp³-hybridized carbons (Fsp3) is 0.250. The number of aryl methyl sites for hydroxylation is 2. The van der Waals surface area contributed by atoms with Crippen molar-refractivity contribution in [3.63, 3.8) is 0 Å². The Kier molecular flexibility index (Phi) is 7.69. The molecule has 0 bridgehead atoms. The van der Waals surface area contributed by atoms with Gasteiger partial charge in [0.1, 0.15) is 16.8 Å². The number of rotatable bonds is 5. The van der Waals surface area contributed by atoms with Gasteiger partial charge >= 0.3 is 0 Å². The fourth-order valence-electron chi connectivity index (χ4n) is 8.19. The third-order valence-corrected chi connectivity index (χ3v) is 12.4.